The summed E-state index contributed by atoms with van der Waals surface area (Å²) < 4.78 is 5.54. The highest BCUT2D eigenvalue weighted by atomic mass is 16.6. The topological polar surface area (TPSA) is 106 Å². The Hall–Kier alpha value is -3.42. The van der Waals surface area contributed by atoms with E-state index >= 15 is 0 Å². The quantitative estimate of drug-likeness (QED) is 0.405. The number of hydrogen-bond donors (Lipinski definition) is 1. The molecule has 0 bridgehead atoms. The van der Waals surface area contributed by atoms with Crippen LogP contribution in [0.5, 0.6) is 0 Å². The van der Waals surface area contributed by atoms with E-state index in [9.17, 15) is 19.7 Å². The molecule has 1 aliphatic heterocycles. The van der Waals surface area contributed by atoms with E-state index in [0.29, 0.717) is 17.1 Å². The smallest absolute Gasteiger partial charge is 0.328 e. The molecule has 0 aliphatic carbocycles. The number of likely N-dealkylation sites (N-methyl/N-ethyl adjacent to an activating group) is 1. The van der Waals surface area contributed by atoms with Gasteiger partial charge in [-0.15, -0.1) is 0 Å². The molecule has 1 fully saturated rings. The van der Waals surface area contributed by atoms with Crippen LogP contribution in [0.1, 0.15) is 5.76 Å². The molecule has 8 nitrogen and oxygen atoms in total. The zero-order chi connectivity index (χ0) is 16.6. The van der Waals surface area contributed by atoms with Crippen LogP contribution in [0.15, 0.2) is 46.5 Å². The SMILES string of the molecule is CN1C(=O)N/C(=C\c2ccc(-c3ccccc3[N+](=O)[O-])o2)C1=O. The summed E-state index contributed by atoms with van der Waals surface area (Å²) in [6, 6.07) is 8.80. The molecular formula is C15H11N3O5. The third kappa shape index (κ3) is 2.57. The molecule has 3 amide bonds. The summed E-state index contributed by atoms with van der Waals surface area (Å²) in [5.41, 5.74) is 0.341. The van der Waals surface area contributed by atoms with Gasteiger partial charge in [0.15, 0.2) is 0 Å². The van der Waals surface area contributed by atoms with E-state index in [1.807, 2.05) is 0 Å². The van der Waals surface area contributed by atoms with E-state index in [-0.39, 0.29) is 11.4 Å². The highest BCUT2D eigenvalue weighted by Gasteiger charge is 2.30. The Labute approximate surface area is 130 Å². The Morgan fingerprint density at radius 1 is 1.22 bits per heavy atom. The van der Waals surface area contributed by atoms with Crippen molar-refractivity contribution in [2.75, 3.05) is 7.05 Å². The Morgan fingerprint density at radius 3 is 2.61 bits per heavy atom. The van der Waals surface area contributed by atoms with Crippen LogP contribution in [0.3, 0.4) is 0 Å². The van der Waals surface area contributed by atoms with Crippen molar-refractivity contribution in [3.63, 3.8) is 0 Å². The van der Waals surface area contributed by atoms with Gasteiger partial charge in [0.1, 0.15) is 17.2 Å². The lowest BCUT2D eigenvalue weighted by Gasteiger charge is -1.99. The van der Waals surface area contributed by atoms with Gasteiger partial charge in [-0.05, 0) is 18.2 Å². The summed E-state index contributed by atoms with van der Waals surface area (Å²) in [6.07, 6.45) is 1.38. The van der Waals surface area contributed by atoms with Gasteiger partial charge < -0.3 is 9.73 Å². The monoisotopic (exact) mass is 313 g/mol. The van der Waals surface area contributed by atoms with Crippen molar-refractivity contribution in [2.45, 2.75) is 0 Å². The first-order valence-corrected chi connectivity index (χ1v) is 6.62. The first-order valence-electron chi connectivity index (χ1n) is 6.62. The summed E-state index contributed by atoms with van der Waals surface area (Å²) in [5, 5.41) is 13.5. The lowest BCUT2D eigenvalue weighted by Crippen LogP contribution is -2.25. The van der Waals surface area contributed by atoms with Crippen LogP contribution in [-0.2, 0) is 4.79 Å². The molecule has 8 heteroatoms. The van der Waals surface area contributed by atoms with E-state index in [2.05, 4.69) is 5.32 Å². The minimum Gasteiger partial charge on any atom is -0.456 e. The number of para-hydroxylation sites is 1. The average Bonchev–Trinajstić information content (AvgIpc) is 3.09. The van der Waals surface area contributed by atoms with Crippen LogP contribution in [-0.4, -0.2) is 28.8 Å². The molecule has 23 heavy (non-hydrogen) atoms. The maximum absolute atomic E-state index is 11.8. The molecule has 1 aliphatic rings. The number of benzene rings is 1. The van der Waals surface area contributed by atoms with Gasteiger partial charge in [-0.2, -0.15) is 0 Å². The third-order valence-electron chi connectivity index (χ3n) is 3.36. The summed E-state index contributed by atoms with van der Waals surface area (Å²) in [7, 11) is 1.36. The van der Waals surface area contributed by atoms with Gasteiger partial charge in [0.25, 0.3) is 11.6 Å². The number of carbonyl (C=O) groups is 2. The standard InChI is InChI=1S/C15H11N3O5/c1-17-14(19)11(16-15(17)20)8-9-6-7-13(23-9)10-4-2-3-5-12(10)18(21)22/h2-8H,1H3,(H,16,20)/b11-8-. The molecule has 1 aromatic heterocycles. The van der Waals surface area contributed by atoms with Crippen LogP contribution in [0, 0.1) is 10.1 Å². The number of hydrogen-bond acceptors (Lipinski definition) is 5. The maximum atomic E-state index is 11.8. The number of carbonyl (C=O) groups excluding carboxylic acids is 2. The normalized spacial score (nSPS) is 16.0. The number of nitro groups is 1. The molecule has 0 radical (unpaired) electrons. The molecule has 3 rings (SSSR count). The van der Waals surface area contributed by atoms with Crippen LogP contribution >= 0.6 is 0 Å². The van der Waals surface area contributed by atoms with E-state index in [1.54, 1.807) is 30.3 Å². The Bertz CT molecular complexity index is 852. The van der Waals surface area contributed by atoms with Crippen molar-refractivity contribution in [3.05, 3.63) is 58.0 Å². The van der Waals surface area contributed by atoms with Crippen molar-refractivity contribution < 1.29 is 18.9 Å². The predicted octanol–water partition coefficient (Wildman–Crippen LogP) is 2.38. The highest BCUT2D eigenvalue weighted by molar-refractivity contribution is 6.13. The number of urea groups is 1. The van der Waals surface area contributed by atoms with E-state index in [4.69, 9.17) is 4.42 Å². The molecular weight excluding hydrogens is 302 g/mol. The zero-order valence-corrected chi connectivity index (χ0v) is 12.0. The van der Waals surface area contributed by atoms with Crippen molar-refractivity contribution in [1.29, 1.82) is 0 Å². The Balaban J connectivity index is 1.95. The largest absolute Gasteiger partial charge is 0.456 e. The fourth-order valence-electron chi connectivity index (χ4n) is 2.18. The first-order chi connectivity index (χ1) is 11.0. The Kier molecular flexibility index (Phi) is 3.41. The second kappa shape index (κ2) is 5.41. The number of rotatable bonds is 3. The van der Waals surface area contributed by atoms with Crippen molar-refractivity contribution >= 4 is 23.7 Å². The maximum Gasteiger partial charge on any atom is 0.328 e. The third-order valence-corrected chi connectivity index (χ3v) is 3.36. The van der Waals surface area contributed by atoms with E-state index in [1.165, 1.54) is 19.2 Å². The molecule has 0 saturated carbocycles. The summed E-state index contributed by atoms with van der Waals surface area (Å²) in [6.45, 7) is 0. The molecule has 1 saturated heterocycles. The molecule has 2 heterocycles. The van der Waals surface area contributed by atoms with E-state index in [0.717, 1.165) is 4.90 Å². The minimum absolute atomic E-state index is 0.0777. The summed E-state index contributed by atoms with van der Waals surface area (Å²) in [5.74, 6) is 0.130. The van der Waals surface area contributed by atoms with Gasteiger partial charge in [0.2, 0.25) is 0 Å². The van der Waals surface area contributed by atoms with Gasteiger partial charge in [-0.25, -0.2) is 4.79 Å². The average molecular weight is 313 g/mol. The molecule has 0 atom stereocenters. The van der Waals surface area contributed by atoms with Gasteiger partial charge in [0.05, 0.1) is 10.5 Å². The van der Waals surface area contributed by atoms with Gasteiger partial charge in [-0.3, -0.25) is 19.8 Å². The second-order valence-corrected chi connectivity index (χ2v) is 4.83. The number of imide groups is 1. The fraction of sp³-hybridized carbons (Fsp3) is 0.0667. The lowest BCUT2D eigenvalue weighted by atomic mass is 10.1. The van der Waals surface area contributed by atoms with Crippen LogP contribution in [0.4, 0.5) is 10.5 Å². The fourth-order valence-corrected chi connectivity index (χ4v) is 2.18. The van der Waals surface area contributed by atoms with Crippen molar-refractivity contribution in [3.8, 4) is 11.3 Å². The van der Waals surface area contributed by atoms with Gasteiger partial charge >= 0.3 is 6.03 Å². The summed E-state index contributed by atoms with van der Waals surface area (Å²) >= 11 is 0. The summed E-state index contributed by atoms with van der Waals surface area (Å²) in [4.78, 5) is 34.7. The van der Waals surface area contributed by atoms with Crippen LogP contribution in [0.2, 0.25) is 0 Å². The number of amides is 3. The van der Waals surface area contributed by atoms with Crippen LogP contribution < -0.4 is 5.32 Å². The number of nitrogens with one attached hydrogen (secondary N) is 1. The number of furan rings is 1. The highest BCUT2D eigenvalue weighted by Crippen LogP contribution is 2.31. The van der Waals surface area contributed by atoms with Crippen LogP contribution in [0.25, 0.3) is 17.4 Å². The molecule has 0 spiro atoms. The molecule has 1 N–H and O–H groups in total. The predicted molar refractivity (Wildman–Crippen MR) is 80.1 cm³/mol. The molecule has 2 aromatic rings. The van der Waals surface area contributed by atoms with Gasteiger partial charge in [0, 0.05) is 19.2 Å². The second-order valence-electron chi connectivity index (χ2n) is 4.83. The zero-order valence-electron chi connectivity index (χ0n) is 12.0. The Morgan fingerprint density at radius 2 is 1.96 bits per heavy atom. The molecule has 0 unspecified atom stereocenters. The van der Waals surface area contributed by atoms with Crippen molar-refractivity contribution in [2.24, 2.45) is 0 Å². The van der Waals surface area contributed by atoms with E-state index < -0.39 is 16.9 Å². The van der Waals surface area contributed by atoms with Crippen molar-refractivity contribution in [1.82, 2.24) is 10.2 Å². The molecule has 116 valence electrons. The first kappa shape index (κ1) is 14.5. The minimum atomic E-state index is -0.522. The van der Waals surface area contributed by atoms with Gasteiger partial charge in [-0.1, -0.05) is 12.1 Å². The number of nitrogens with zero attached hydrogens (tertiary/aromatic N) is 2. The molecule has 1 aromatic carbocycles. The lowest BCUT2D eigenvalue weighted by molar-refractivity contribution is -0.384. The number of nitro benzene ring substituents is 1.